The van der Waals surface area contributed by atoms with Crippen molar-refractivity contribution in [3.8, 4) is 17.2 Å². The van der Waals surface area contributed by atoms with Crippen LogP contribution in [0.25, 0.3) is 0 Å². The molecule has 0 unspecified atom stereocenters. The third kappa shape index (κ3) is 4.27. The summed E-state index contributed by atoms with van der Waals surface area (Å²) in [6.45, 7) is 2.16. The molecule has 126 valence electrons. The van der Waals surface area contributed by atoms with E-state index in [4.69, 9.17) is 4.74 Å². The minimum atomic E-state index is -0.0875. The van der Waals surface area contributed by atoms with Crippen LogP contribution in [-0.4, -0.2) is 10.9 Å². The summed E-state index contributed by atoms with van der Waals surface area (Å²) in [5, 5.41) is 9.30. The summed E-state index contributed by atoms with van der Waals surface area (Å²) < 4.78 is 5.82. The molecule has 3 rings (SSSR count). The number of ketones is 1. The molecule has 0 saturated heterocycles. The van der Waals surface area contributed by atoms with E-state index in [9.17, 15) is 9.90 Å². The second kappa shape index (κ2) is 7.67. The third-order valence-electron chi connectivity index (χ3n) is 3.94. The van der Waals surface area contributed by atoms with Crippen molar-refractivity contribution in [3.05, 3.63) is 89.5 Å². The first kappa shape index (κ1) is 16.8. The summed E-state index contributed by atoms with van der Waals surface area (Å²) in [5.41, 5.74) is 2.42. The molecule has 0 bridgehead atoms. The van der Waals surface area contributed by atoms with E-state index in [0.29, 0.717) is 16.9 Å². The van der Waals surface area contributed by atoms with Gasteiger partial charge in [-0.1, -0.05) is 25.5 Å². The lowest BCUT2D eigenvalue weighted by Gasteiger charge is -2.08. The van der Waals surface area contributed by atoms with E-state index < -0.39 is 0 Å². The Morgan fingerprint density at radius 1 is 0.800 bits per heavy atom. The number of rotatable bonds is 6. The standard InChI is InChI=1S/C22H20O3/c1-2-3-16-4-12-20(13-5-16)25-21-14-8-18(9-15-21)22(24)17-6-10-19(23)11-7-17/h4-15,23H,2-3H2,1H3. The molecule has 25 heavy (non-hydrogen) atoms. The zero-order valence-electron chi connectivity index (χ0n) is 14.1. The highest BCUT2D eigenvalue weighted by Gasteiger charge is 2.09. The minimum Gasteiger partial charge on any atom is -0.508 e. The molecule has 0 amide bonds. The van der Waals surface area contributed by atoms with E-state index in [2.05, 4.69) is 19.1 Å². The number of hydrogen-bond donors (Lipinski definition) is 1. The molecule has 3 aromatic carbocycles. The van der Waals surface area contributed by atoms with Gasteiger partial charge in [-0.3, -0.25) is 4.79 Å². The second-order valence-corrected chi connectivity index (χ2v) is 5.90. The van der Waals surface area contributed by atoms with Crippen molar-refractivity contribution in [2.45, 2.75) is 19.8 Å². The molecule has 0 fully saturated rings. The van der Waals surface area contributed by atoms with E-state index in [1.165, 1.54) is 17.7 Å². The lowest BCUT2D eigenvalue weighted by Crippen LogP contribution is -2.00. The Bertz CT molecular complexity index is 832. The van der Waals surface area contributed by atoms with Crippen molar-refractivity contribution in [1.82, 2.24) is 0 Å². The molecule has 0 radical (unpaired) electrons. The highest BCUT2D eigenvalue weighted by Crippen LogP contribution is 2.23. The van der Waals surface area contributed by atoms with Crippen molar-refractivity contribution >= 4 is 5.78 Å². The molecule has 0 spiro atoms. The maximum atomic E-state index is 12.4. The van der Waals surface area contributed by atoms with Crippen LogP contribution in [0, 0.1) is 0 Å². The quantitative estimate of drug-likeness (QED) is 0.617. The highest BCUT2D eigenvalue weighted by molar-refractivity contribution is 6.09. The molecule has 0 aliphatic heterocycles. The molecule has 3 nitrogen and oxygen atoms in total. The van der Waals surface area contributed by atoms with Gasteiger partial charge in [0.1, 0.15) is 17.2 Å². The molecule has 3 aromatic rings. The Morgan fingerprint density at radius 2 is 1.28 bits per heavy atom. The van der Waals surface area contributed by atoms with Crippen LogP contribution < -0.4 is 4.74 Å². The summed E-state index contributed by atoms with van der Waals surface area (Å²) >= 11 is 0. The average Bonchev–Trinajstić information content (AvgIpc) is 2.64. The fourth-order valence-corrected chi connectivity index (χ4v) is 2.60. The minimum absolute atomic E-state index is 0.0875. The summed E-state index contributed by atoms with van der Waals surface area (Å²) in [6.07, 6.45) is 2.19. The Morgan fingerprint density at radius 3 is 1.80 bits per heavy atom. The SMILES string of the molecule is CCCc1ccc(Oc2ccc(C(=O)c3ccc(O)cc3)cc2)cc1. The molecular formula is C22H20O3. The number of ether oxygens (including phenoxy) is 1. The second-order valence-electron chi connectivity index (χ2n) is 5.90. The number of aryl methyl sites for hydroxylation is 1. The molecule has 0 aliphatic carbocycles. The summed E-state index contributed by atoms with van der Waals surface area (Å²) in [5.74, 6) is 1.52. The zero-order chi connectivity index (χ0) is 17.6. The number of phenolic OH excluding ortho intramolecular Hbond substituents is 1. The van der Waals surface area contributed by atoms with Crippen molar-refractivity contribution in [2.24, 2.45) is 0 Å². The van der Waals surface area contributed by atoms with Crippen LogP contribution in [0.5, 0.6) is 17.2 Å². The summed E-state index contributed by atoms with van der Waals surface area (Å²) in [4.78, 5) is 12.4. The largest absolute Gasteiger partial charge is 0.508 e. The number of carbonyl (C=O) groups is 1. The Kier molecular flexibility index (Phi) is 5.14. The molecule has 0 aromatic heterocycles. The van der Waals surface area contributed by atoms with E-state index in [1.807, 2.05) is 12.1 Å². The molecule has 0 saturated carbocycles. The fraction of sp³-hybridized carbons (Fsp3) is 0.136. The van der Waals surface area contributed by atoms with Crippen molar-refractivity contribution in [3.63, 3.8) is 0 Å². The molecule has 0 heterocycles. The first-order chi connectivity index (χ1) is 12.2. The molecule has 0 atom stereocenters. The molecule has 0 aliphatic rings. The average molecular weight is 332 g/mol. The van der Waals surface area contributed by atoms with Crippen molar-refractivity contribution in [2.75, 3.05) is 0 Å². The highest BCUT2D eigenvalue weighted by atomic mass is 16.5. The van der Waals surface area contributed by atoms with Gasteiger partial charge in [-0.25, -0.2) is 0 Å². The van der Waals surface area contributed by atoms with Gasteiger partial charge in [0, 0.05) is 11.1 Å². The van der Waals surface area contributed by atoms with E-state index in [-0.39, 0.29) is 11.5 Å². The normalized spacial score (nSPS) is 10.4. The summed E-state index contributed by atoms with van der Waals surface area (Å²) in [6, 6.07) is 21.4. The van der Waals surface area contributed by atoms with Crippen molar-refractivity contribution < 1.29 is 14.6 Å². The topological polar surface area (TPSA) is 46.5 Å². The van der Waals surface area contributed by atoms with Crippen molar-refractivity contribution in [1.29, 1.82) is 0 Å². The van der Waals surface area contributed by atoms with Gasteiger partial charge >= 0.3 is 0 Å². The Balaban J connectivity index is 1.69. The first-order valence-corrected chi connectivity index (χ1v) is 8.36. The predicted octanol–water partition coefficient (Wildman–Crippen LogP) is 5.37. The van der Waals surface area contributed by atoms with Gasteiger partial charge in [0.05, 0.1) is 0 Å². The van der Waals surface area contributed by atoms with E-state index in [1.54, 1.807) is 36.4 Å². The maximum Gasteiger partial charge on any atom is 0.193 e. The molecular weight excluding hydrogens is 312 g/mol. The zero-order valence-corrected chi connectivity index (χ0v) is 14.1. The van der Waals surface area contributed by atoms with E-state index >= 15 is 0 Å². The molecule has 3 heteroatoms. The molecule has 1 N–H and O–H groups in total. The van der Waals surface area contributed by atoms with Crippen LogP contribution in [-0.2, 0) is 6.42 Å². The number of phenols is 1. The van der Waals surface area contributed by atoms with Crippen LogP contribution in [0.15, 0.2) is 72.8 Å². The van der Waals surface area contributed by atoms with E-state index in [0.717, 1.165) is 18.6 Å². The maximum absolute atomic E-state index is 12.4. The van der Waals surface area contributed by atoms with Crippen LogP contribution in [0.1, 0.15) is 34.8 Å². The van der Waals surface area contributed by atoms with Gasteiger partial charge < -0.3 is 9.84 Å². The van der Waals surface area contributed by atoms with Gasteiger partial charge in [0.2, 0.25) is 0 Å². The van der Waals surface area contributed by atoms with Gasteiger partial charge in [0.25, 0.3) is 0 Å². The fourth-order valence-electron chi connectivity index (χ4n) is 2.60. The van der Waals surface area contributed by atoms with Gasteiger partial charge in [-0.05, 0) is 72.6 Å². The van der Waals surface area contributed by atoms with Crippen LogP contribution in [0.2, 0.25) is 0 Å². The first-order valence-electron chi connectivity index (χ1n) is 8.36. The lowest BCUT2D eigenvalue weighted by molar-refractivity contribution is 0.103. The Hall–Kier alpha value is -3.07. The third-order valence-corrected chi connectivity index (χ3v) is 3.94. The smallest absolute Gasteiger partial charge is 0.193 e. The number of aromatic hydroxyl groups is 1. The number of hydrogen-bond acceptors (Lipinski definition) is 3. The van der Waals surface area contributed by atoms with Crippen LogP contribution in [0.4, 0.5) is 0 Å². The lowest BCUT2D eigenvalue weighted by atomic mass is 10.0. The monoisotopic (exact) mass is 332 g/mol. The van der Waals surface area contributed by atoms with Crippen LogP contribution in [0.3, 0.4) is 0 Å². The van der Waals surface area contributed by atoms with Crippen LogP contribution >= 0.6 is 0 Å². The van der Waals surface area contributed by atoms with Gasteiger partial charge in [-0.15, -0.1) is 0 Å². The summed E-state index contributed by atoms with van der Waals surface area (Å²) in [7, 11) is 0. The number of carbonyl (C=O) groups excluding carboxylic acids is 1. The van der Waals surface area contributed by atoms with Gasteiger partial charge in [0.15, 0.2) is 5.78 Å². The van der Waals surface area contributed by atoms with Gasteiger partial charge in [-0.2, -0.15) is 0 Å². The Labute approximate surface area is 147 Å². The predicted molar refractivity (Wildman–Crippen MR) is 98.5 cm³/mol. The number of benzene rings is 3.